The van der Waals surface area contributed by atoms with Crippen molar-refractivity contribution < 1.29 is 19.2 Å². The largest absolute Gasteiger partial charge is 0.299 e. The third kappa shape index (κ3) is 4.10. The number of benzene rings is 1. The van der Waals surface area contributed by atoms with E-state index in [0.29, 0.717) is 33.8 Å². The van der Waals surface area contributed by atoms with Gasteiger partial charge in [-0.3, -0.25) is 34.3 Å². The number of piperidine rings is 2. The van der Waals surface area contributed by atoms with E-state index in [2.05, 4.69) is 15.2 Å². The average Bonchev–Trinajstić information content (AvgIpc) is 3.06. The van der Waals surface area contributed by atoms with Crippen molar-refractivity contribution in [3.63, 3.8) is 0 Å². The number of pyridine rings is 1. The van der Waals surface area contributed by atoms with Crippen LogP contribution in [0.15, 0.2) is 30.5 Å². The van der Waals surface area contributed by atoms with E-state index in [1.807, 2.05) is 12.1 Å². The van der Waals surface area contributed by atoms with Gasteiger partial charge in [0.15, 0.2) is 0 Å². The lowest BCUT2D eigenvalue weighted by atomic mass is 9.90. The molecule has 1 aromatic carbocycles. The van der Waals surface area contributed by atoms with Crippen LogP contribution >= 0.6 is 23.2 Å². The lowest BCUT2D eigenvalue weighted by molar-refractivity contribution is -0.136. The summed E-state index contributed by atoms with van der Waals surface area (Å²) in [6.45, 7) is 2.35. The van der Waals surface area contributed by atoms with Crippen molar-refractivity contribution >= 4 is 46.8 Å². The number of amides is 4. The molecule has 0 radical (unpaired) electrons. The highest BCUT2D eigenvalue weighted by Gasteiger charge is 2.44. The number of carbonyl (C=O) groups excluding carboxylic acids is 4. The summed E-state index contributed by atoms with van der Waals surface area (Å²) in [5.41, 5.74) is 2.55. The van der Waals surface area contributed by atoms with Gasteiger partial charge in [-0.05, 0) is 67.6 Å². The minimum absolute atomic E-state index is 0.0991. The lowest BCUT2D eigenvalue weighted by Gasteiger charge is -2.32. The molecule has 1 aromatic heterocycles. The molecule has 0 aliphatic carbocycles. The second kappa shape index (κ2) is 9.09. The van der Waals surface area contributed by atoms with Crippen LogP contribution in [0.5, 0.6) is 0 Å². The van der Waals surface area contributed by atoms with E-state index in [1.54, 1.807) is 18.3 Å². The highest BCUT2D eigenvalue weighted by atomic mass is 35.5. The van der Waals surface area contributed by atoms with Gasteiger partial charge in [0.2, 0.25) is 11.8 Å². The maximum atomic E-state index is 13.0. The minimum Gasteiger partial charge on any atom is -0.299 e. The number of aromatic nitrogens is 1. The van der Waals surface area contributed by atoms with Gasteiger partial charge in [-0.2, -0.15) is 0 Å². The number of carbonyl (C=O) groups is 4. The molecule has 0 saturated carbocycles. The Morgan fingerprint density at radius 3 is 2.44 bits per heavy atom. The van der Waals surface area contributed by atoms with Crippen molar-refractivity contribution in [3.8, 4) is 0 Å². The third-order valence-corrected chi connectivity index (χ3v) is 7.59. The van der Waals surface area contributed by atoms with Gasteiger partial charge in [-0.15, -0.1) is 0 Å². The Hall–Kier alpha value is -2.81. The van der Waals surface area contributed by atoms with Crippen LogP contribution in [0.1, 0.15) is 63.4 Å². The predicted molar refractivity (Wildman–Crippen MR) is 125 cm³/mol. The summed E-state index contributed by atoms with van der Waals surface area (Å²) >= 11 is 12.4. The molecule has 4 amide bonds. The molecule has 1 N–H and O–H groups in total. The monoisotopic (exact) mass is 500 g/mol. The minimum atomic E-state index is -0.957. The highest BCUT2D eigenvalue weighted by Crippen LogP contribution is 2.36. The smallest absolute Gasteiger partial charge is 0.262 e. The summed E-state index contributed by atoms with van der Waals surface area (Å²) in [5.74, 6) is -1.66. The molecule has 2 saturated heterocycles. The first kappa shape index (κ1) is 23.0. The Balaban J connectivity index is 1.26. The van der Waals surface area contributed by atoms with Crippen LogP contribution < -0.4 is 5.32 Å². The second-order valence-corrected chi connectivity index (χ2v) is 9.62. The van der Waals surface area contributed by atoms with Crippen molar-refractivity contribution in [1.29, 1.82) is 0 Å². The molecule has 2 aromatic rings. The summed E-state index contributed by atoms with van der Waals surface area (Å²) in [6.07, 6.45) is 3.76. The number of fused-ring (bicyclic) bond motifs is 1. The van der Waals surface area contributed by atoms with Gasteiger partial charge in [-0.1, -0.05) is 29.3 Å². The molecule has 0 bridgehead atoms. The highest BCUT2D eigenvalue weighted by molar-refractivity contribution is 6.41. The molecule has 4 heterocycles. The second-order valence-electron chi connectivity index (χ2n) is 8.88. The van der Waals surface area contributed by atoms with Crippen LogP contribution in [0.2, 0.25) is 10.2 Å². The molecule has 34 heavy (non-hydrogen) atoms. The summed E-state index contributed by atoms with van der Waals surface area (Å²) in [4.78, 5) is 56.9. The summed E-state index contributed by atoms with van der Waals surface area (Å²) < 4.78 is 0. The zero-order chi connectivity index (χ0) is 24.0. The van der Waals surface area contributed by atoms with Crippen molar-refractivity contribution in [2.45, 2.75) is 44.2 Å². The molecule has 1 unspecified atom stereocenters. The number of halogens is 2. The van der Waals surface area contributed by atoms with Crippen LogP contribution in [-0.2, 0) is 16.1 Å². The normalized spacial score (nSPS) is 21.7. The zero-order valence-corrected chi connectivity index (χ0v) is 19.7. The Labute approximate surface area is 206 Å². The van der Waals surface area contributed by atoms with Gasteiger partial charge in [0.1, 0.15) is 11.2 Å². The fourth-order valence-electron chi connectivity index (χ4n) is 5.02. The topological polar surface area (TPSA) is 99.7 Å². The quantitative estimate of drug-likeness (QED) is 0.511. The van der Waals surface area contributed by atoms with E-state index in [1.165, 1.54) is 0 Å². The number of hydrogen-bond donors (Lipinski definition) is 1. The van der Waals surface area contributed by atoms with E-state index < -0.39 is 29.7 Å². The zero-order valence-electron chi connectivity index (χ0n) is 18.2. The molecule has 3 aliphatic heterocycles. The van der Waals surface area contributed by atoms with E-state index in [9.17, 15) is 19.2 Å². The summed E-state index contributed by atoms with van der Waals surface area (Å²) in [6, 6.07) is 6.21. The van der Waals surface area contributed by atoms with Gasteiger partial charge in [-0.25, -0.2) is 4.98 Å². The van der Waals surface area contributed by atoms with E-state index >= 15 is 0 Å². The Kier molecular flexibility index (Phi) is 6.14. The maximum Gasteiger partial charge on any atom is 0.262 e. The van der Waals surface area contributed by atoms with Gasteiger partial charge < -0.3 is 0 Å². The number of imide groups is 2. The first-order valence-corrected chi connectivity index (χ1v) is 12.0. The first-order chi connectivity index (χ1) is 16.3. The lowest BCUT2D eigenvalue weighted by Crippen LogP contribution is -2.54. The van der Waals surface area contributed by atoms with E-state index in [4.69, 9.17) is 23.2 Å². The Bertz CT molecular complexity index is 1210. The van der Waals surface area contributed by atoms with Crippen molar-refractivity contribution in [1.82, 2.24) is 20.1 Å². The summed E-state index contributed by atoms with van der Waals surface area (Å²) in [7, 11) is 0. The molecular weight excluding hydrogens is 479 g/mol. The Morgan fingerprint density at radius 1 is 0.971 bits per heavy atom. The van der Waals surface area contributed by atoms with Crippen LogP contribution in [0.3, 0.4) is 0 Å². The van der Waals surface area contributed by atoms with Gasteiger partial charge >= 0.3 is 0 Å². The van der Waals surface area contributed by atoms with Crippen LogP contribution in [-0.4, -0.2) is 57.5 Å². The molecule has 1 atom stereocenters. The number of rotatable bonds is 4. The molecule has 176 valence electrons. The molecule has 2 fully saturated rings. The van der Waals surface area contributed by atoms with Crippen LogP contribution in [0, 0.1) is 0 Å². The van der Waals surface area contributed by atoms with Crippen LogP contribution in [0.4, 0.5) is 0 Å². The van der Waals surface area contributed by atoms with Gasteiger partial charge in [0.25, 0.3) is 11.8 Å². The van der Waals surface area contributed by atoms with Crippen molar-refractivity contribution in [2.75, 3.05) is 13.1 Å². The van der Waals surface area contributed by atoms with E-state index in [0.717, 1.165) is 42.0 Å². The number of nitrogens with zero attached hydrogens (tertiary/aromatic N) is 3. The fourth-order valence-corrected chi connectivity index (χ4v) is 5.46. The Morgan fingerprint density at radius 2 is 1.71 bits per heavy atom. The third-order valence-electron chi connectivity index (χ3n) is 6.81. The molecule has 5 rings (SSSR count). The predicted octanol–water partition coefficient (Wildman–Crippen LogP) is 3.17. The number of likely N-dealkylation sites (tertiary alicyclic amines) is 1. The molecule has 10 heteroatoms. The van der Waals surface area contributed by atoms with Gasteiger partial charge in [0, 0.05) is 19.2 Å². The maximum absolute atomic E-state index is 13.0. The van der Waals surface area contributed by atoms with Crippen molar-refractivity contribution in [2.24, 2.45) is 0 Å². The summed E-state index contributed by atoms with van der Waals surface area (Å²) in [5, 5.41) is 3.05. The average molecular weight is 501 g/mol. The number of nitrogens with one attached hydrogen (secondary N) is 1. The fraction of sp³-hybridized carbons (Fsp3) is 0.375. The van der Waals surface area contributed by atoms with Crippen molar-refractivity contribution in [3.05, 3.63) is 62.9 Å². The number of hydrogen-bond acceptors (Lipinski definition) is 6. The molecule has 0 spiro atoms. The van der Waals surface area contributed by atoms with Crippen LogP contribution in [0.25, 0.3) is 0 Å². The standard InChI is InChI=1S/C24H22Cl2N4O4/c25-20-15(5-8-27-21(20)26)14-6-9-29(10-7-14)12-13-1-2-16-17(11-13)24(34)30(23(16)33)18-3-4-19(31)28-22(18)32/h1-2,5,8,11,14,18H,3-4,6-7,9-10,12H2,(H,28,31,32). The molecule has 8 nitrogen and oxygen atoms in total. The SMILES string of the molecule is O=C1CCC(N2C(=O)c3ccc(CN4CCC(c5ccnc(Cl)c5Cl)CC4)cc3C2=O)C(=O)N1. The first-order valence-electron chi connectivity index (χ1n) is 11.2. The van der Waals surface area contributed by atoms with E-state index in [-0.39, 0.29) is 12.8 Å². The van der Waals surface area contributed by atoms with Gasteiger partial charge in [0.05, 0.1) is 16.1 Å². The molecular formula is C24H22Cl2N4O4. The molecule has 3 aliphatic rings.